The standard InChI is InChI=1S/C22H26N4O3S/c1-15-6-3-4-7-17(15)26-11-9-25(10-12-26)14-16-19(21(27)29-2)20(24-22(28)23-16)18-8-5-13-30-18/h3-8,13,20H,9-12,14H2,1-2H3,(H2,23,24,28). The number of ether oxygens (including phenoxy) is 1. The molecule has 1 atom stereocenters. The number of amides is 2. The molecule has 1 fully saturated rings. The van der Waals surface area contributed by atoms with E-state index in [9.17, 15) is 9.59 Å². The highest BCUT2D eigenvalue weighted by Gasteiger charge is 2.35. The van der Waals surface area contributed by atoms with E-state index < -0.39 is 12.0 Å². The number of hydrogen-bond donors (Lipinski definition) is 2. The van der Waals surface area contributed by atoms with Crippen molar-refractivity contribution in [1.29, 1.82) is 0 Å². The number of para-hydroxylation sites is 1. The van der Waals surface area contributed by atoms with Gasteiger partial charge in [-0.05, 0) is 30.0 Å². The largest absolute Gasteiger partial charge is 0.466 e. The van der Waals surface area contributed by atoms with Gasteiger partial charge in [0.2, 0.25) is 0 Å². The van der Waals surface area contributed by atoms with Gasteiger partial charge >= 0.3 is 12.0 Å². The molecule has 0 bridgehead atoms. The molecule has 2 amide bonds. The lowest BCUT2D eigenvalue weighted by atomic mass is 10.0. The molecule has 1 aromatic carbocycles. The maximum Gasteiger partial charge on any atom is 0.338 e. The highest BCUT2D eigenvalue weighted by atomic mass is 32.1. The third kappa shape index (κ3) is 4.20. The summed E-state index contributed by atoms with van der Waals surface area (Å²) in [7, 11) is 1.37. The molecular formula is C22H26N4O3S. The summed E-state index contributed by atoms with van der Waals surface area (Å²) in [4.78, 5) is 30.5. The lowest BCUT2D eigenvalue weighted by Gasteiger charge is -2.38. The highest BCUT2D eigenvalue weighted by molar-refractivity contribution is 7.10. The summed E-state index contributed by atoms with van der Waals surface area (Å²) in [5, 5.41) is 7.65. The van der Waals surface area contributed by atoms with Gasteiger partial charge in [-0.1, -0.05) is 24.3 Å². The molecule has 0 spiro atoms. The number of urea groups is 1. The number of rotatable bonds is 5. The van der Waals surface area contributed by atoms with Crippen molar-refractivity contribution < 1.29 is 14.3 Å². The molecule has 7 nitrogen and oxygen atoms in total. The van der Waals surface area contributed by atoms with Gasteiger partial charge in [-0.3, -0.25) is 4.90 Å². The molecule has 30 heavy (non-hydrogen) atoms. The third-order valence-electron chi connectivity index (χ3n) is 5.60. The van der Waals surface area contributed by atoms with Gasteiger partial charge in [0.1, 0.15) is 0 Å². The average Bonchev–Trinajstić information content (AvgIpc) is 3.29. The first kappa shape index (κ1) is 20.4. The predicted molar refractivity (Wildman–Crippen MR) is 118 cm³/mol. The van der Waals surface area contributed by atoms with Crippen molar-refractivity contribution in [1.82, 2.24) is 15.5 Å². The van der Waals surface area contributed by atoms with Crippen molar-refractivity contribution in [2.24, 2.45) is 0 Å². The molecule has 2 aromatic rings. The Morgan fingerprint density at radius 3 is 2.60 bits per heavy atom. The van der Waals surface area contributed by atoms with Crippen LogP contribution in [0.15, 0.2) is 53.0 Å². The zero-order valence-electron chi connectivity index (χ0n) is 17.2. The lowest BCUT2D eigenvalue weighted by molar-refractivity contribution is -0.136. The summed E-state index contributed by atoms with van der Waals surface area (Å²) in [5.41, 5.74) is 3.62. The third-order valence-corrected chi connectivity index (χ3v) is 6.53. The number of aryl methyl sites for hydroxylation is 1. The number of nitrogens with zero attached hydrogens (tertiary/aromatic N) is 2. The molecule has 3 heterocycles. The van der Waals surface area contributed by atoms with E-state index >= 15 is 0 Å². The number of hydrogen-bond acceptors (Lipinski definition) is 6. The Morgan fingerprint density at radius 1 is 1.17 bits per heavy atom. The van der Waals surface area contributed by atoms with Crippen molar-refractivity contribution in [3.8, 4) is 0 Å². The van der Waals surface area contributed by atoms with Gasteiger partial charge in [-0.25, -0.2) is 9.59 Å². The van der Waals surface area contributed by atoms with E-state index in [0.29, 0.717) is 17.8 Å². The number of esters is 1. The van der Waals surface area contributed by atoms with Crippen molar-refractivity contribution in [2.45, 2.75) is 13.0 Å². The average molecular weight is 427 g/mol. The fourth-order valence-electron chi connectivity index (χ4n) is 4.05. The van der Waals surface area contributed by atoms with Crippen molar-refractivity contribution >= 4 is 29.0 Å². The van der Waals surface area contributed by atoms with Gasteiger partial charge in [0.05, 0.1) is 18.7 Å². The fraction of sp³-hybridized carbons (Fsp3) is 0.364. The Kier molecular flexibility index (Phi) is 6.06. The summed E-state index contributed by atoms with van der Waals surface area (Å²) in [6.07, 6.45) is 0. The molecular weight excluding hydrogens is 400 g/mol. The number of carbonyl (C=O) groups excluding carboxylic acids is 2. The molecule has 8 heteroatoms. The normalized spacial score (nSPS) is 20.0. The maximum absolute atomic E-state index is 12.6. The zero-order chi connectivity index (χ0) is 21.1. The van der Waals surface area contributed by atoms with Crippen LogP contribution in [-0.4, -0.2) is 56.7 Å². The van der Waals surface area contributed by atoms with Crippen LogP contribution in [0.4, 0.5) is 10.5 Å². The Hall–Kier alpha value is -2.84. The van der Waals surface area contributed by atoms with Crippen molar-refractivity contribution in [3.05, 3.63) is 63.5 Å². The number of carbonyl (C=O) groups is 2. The Labute approximate surface area is 180 Å². The highest BCUT2D eigenvalue weighted by Crippen LogP contribution is 2.31. The van der Waals surface area contributed by atoms with E-state index in [0.717, 1.165) is 31.1 Å². The topological polar surface area (TPSA) is 73.9 Å². The van der Waals surface area contributed by atoms with Gasteiger partial charge in [-0.15, -0.1) is 11.3 Å². The van der Waals surface area contributed by atoms with E-state index in [2.05, 4.69) is 51.6 Å². The minimum atomic E-state index is -0.491. The van der Waals surface area contributed by atoms with Gasteiger partial charge in [0.15, 0.2) is 0 Å². The first-order valence-electron chi connectivity index (χ1n) is 10.0. The first-order valence-corrected chi connectivity index (χ1v) is 10.9. The van der Waals surface area contributed by atoms with Gasteiger partial charge in [-0.2, -0.15) is 0 Å². The first-order chi connectivity index (χ1) is 14.6. The molecule has 2 aliphatic rings. The molecule has 0 radical (unpaired) electrons. The van der Waals surface area contributed by atoms with Crippen LogP contribution in [0.1, 0.15) is 16.5 Å². The van der Waals surface area contributed by atoms with Crippen LogP contribution in [0.3, 0.4) is 0 Å². The molecule has 0 saturated carbocycles. The Bertz CT molecular complexity index is 949. The predicted octanol–water partition coefficient (Wildman–Crippen LogP) is 2.66. The summed E-state index contributed by atoms with van der Waals surface area (Å²) >= 11 is 1.51. The number of anilines is 1. The molecule has 0 aliphatic carbocycles. The van der Waals surface area contributed by atoms with Gasteiger partial charge < -0.3 is 20.3 Å². The molecule has 1 aromatic heterocycles. The quantitative estimate of drug-likeness (QED) is 0.719. The summed E-state index contributed by atoms with van der Waals surface area (Å²) in [6, 6.07) is 11.4. The SMILES string of the molecule is COC(=O)C1=C(CN2CCN(c3ccccc3C)CC2)NC(=O)NC1c1cccs1. The van der Waals surface area contributed by atoms with Gasteiger partial charge in [0.25, 0.3) is 0 Å². The lowest BCUT2D eigenvalue weighted by Crippen LogP contribution is -2.51. The number of piperazine rings is 1. The van der Waals surface area contributed by atoms with E-state index in [4.69, 9.17) is 4.74 Å². The smallest absolute Gasteiger partial charge is 0.338 e. The van der Waals surface area contributed by atoms with E-state index in [1.807, 2.05) is 17.5 Å². The number of benzene rings is 1. The number of thiophene rings is 1. The second kappa shape index (κ2) is 8.89. The minimum Gasteiger partial charge on any atom is -0.466 e. The second-order valence-corrected chi connectivity index (χ2v) is 8.46. The van der Waals surface area contributed by atoms with Crippen LogP contribution in [0, 0.1) is 6.92 Å². The number of nitrogens with one attached hydrogen (secondary N) is 2. The second-order valence-electron chi connectivity index (χ2n) is 7.48. The van der Waals surface area contributed by atoms with E-state index in [1.165, 1.54) is 29.7 Å². The summed E-state index contributed by atoms with van der Waals surface area (Å²) in [5.74, 6) is -0.422. The molecule has 1 saturated heterocycles. The van der Waals surface area contributed by atoms with Crippen molar-refractivity contribution in [3.63, 3.8) is 0 Å². The molecule has 4 rings (SSSR count). The van der Waals surface area contributed by atoms with Crippen molar-refractivity contribution in [2.75, 3.05) is 44.7 Å². The van der Waals surface area contributed by atoms with Gasteiger partial charge in [0, 0.05) is 49.0 Å². The Balaban J connectivity index is 1.52. The summed E-state index contributed by atoms with van der Waals surface area (Å²) in [6.45, 7) is 6.11. The maximum atomic E-state index is 12.6. The van der Waals surface area contributed by atoms with Crippen LogP contribution in [0.25, 0.3) is 0 Å². The monoisotopic (exact) mass is 426 g/mol. The molecule has 1 unspecified atom stereocenters. The zero-order valence-corrected chi connectivity index (χ0v) is 18.0. The molecule has 158 valence electrons. The summed E-state index contributed by atoms with van der Waals surface area (Å²) < 4.78 is 5.05. The van der Waals surface area contributed by atoms with Crippen LogP contribution in [0.2, 0.25) is 0 Å². The van der Waals surface area contributed by atoms with E-state index in [1.54, 1.807) is 0 Å². The fourth-order valence-corrected chi connectivity index (χ4v) is 4.84. The van der Waals surface area contributed by atoms with Crippen LogP contribution >= 0.6 is 11.3 Å². The van der Waals surface area contributed by atoms with Crippen LogP contribution < -0.4 is 15.5 Å². The minimum absolute atomic E-state index is 0.297. The van der Waals surface area contributed by atoms with Crippen LogP contribution in [0.5, 0.6) is 0 Å². The van der Waals surface area contributed by atoms with Crippen LogP contribution in [-0.2, 0) is 9.53 Å². The molecule has 2 N–H and O–H groups in total. The van der Waals surface area contributed by atoms with E-state index in [-0.39, 0.29) is 6.03 Å². The molecule has 2 aliphatic heterocycles. The Morgan fingerprint density at radius 2 is 1.93 bits per heavy atom. The number of methoxy groups -OCH3 is 1.